The largest absolute Gasteiger partial charge is 0.469 e. The van der Waals surface area contributed by atoms with Crippen molar-refractivity contribution >= 4 is 11.3 Å². The van der Waals surface area contributed by atoms with E-state index in [0.717, 1.165) is 25.1 Å². The molecule has 0 amide bonds. The molecule has 1 unspecified atom stereocenters. The molecule has 0 saturated heterocycles. The Bertz CT molecular complexity index is 436. The number of aromatic nitrogens is 1. The molecule has 0 aromatic carbocycles. The van der Waals surface area contributed by atoms with Gasteiger partial charge in [0.15, 0.2) is 0 Å². The van der Waals surface area contributed by atoms with Crippen molar-refractivity contribution in [3.63, 3.8) is 0 Å². The second kappa shape index (κ2) is 5.98. The lowest BCUT2D eigenvalue weighted by Crippen LogP contribution is -2.27. The van der Waals surface area contributed by atoms with E-state index in [-0.39, 0.29) is 0 Å². The summed E-state index contributed by atoms with van der Waals surface area (Å²) < 4.78 is 5.33. The van der Waals surface area contributed by atoms with Gasteiger partial charge in [0.25, 0.3) is 0 Å². The second-order valence-corrected chi connectivity index (χ2v) is 5.34. The number of rotatable bonds is 6. The zero-order valence-corrected chi connectivity index (χ0v) is 11.1. The Morgan fingerprint density at radius 1 is 1.53 bits per heavy atom. The average Bonchev–Trinajstić information content (AvgIpc) is 2.96. The van der Waals surface area contributed by atoms with Gasteiger partial charge < -0.3 is 9.73 Å². The van der Waals surface area contributed by atoms with E-state index in [1.807, 2.05) is 18.3 Å². The van der Waals surface area contributed by atoms with Crippen molar-refractivity contribution in [3.8, 4) is 0 Å². The number of thiazole rings is 1. The Morgan fingerprint density at radius 3 is 3.06 bits per heavy atom. The van der Waals surface area contributed by atoms with Gasteiger partial charge >= 0.3 is 0 Å². The van der Waals surface area contributed by atoms with Crippen LogP contribution in [0.15, 0.2) is 29.0 Å². The number of furan rings is 1. The van der Waals surface area contributed by atoms with E-state index in [1.165, 1.54) is 9.88 Å². The topological polar surface area (TPSA) is 38.1 Å². The summed E-state index contributed by atoms with van der Waals surface area (Å²) >= 11 is 1.79. The molecule has 0 aliphatic heterocycles. The van der Waals surface area contributed by atoms with Crippen LogP contribution in [0.5, 0.6) is 0 Å². The maximum atomic E-state index is 5.33. The Labute approximate surface area is 106 Å². The standard InChI is InChI=1S/C13H18N2OS/c1-3-13-15-9-12(17-13)8-14-10(2)7-11-5-4-6-16-11/h4-6,9-10,14H,3,7-8H2,1-2H3. The number of nitrogens with one attached hydrogen (secondary N) is 1. The quantitative estimate of drug-likeness (QED) is 0.856. The fourth-order valence-corrected chi connectivity index (χ4v) is 2.48. The Balaban J connectivity index is 1.77. The second-order valence-electron chi connectivity index (χ2n) is 4.14. The Morgan fingerprint density at radius 2 is 2.41 bits per heavy atom. The third-order valence-electron chi connectivity index (χ3n) is 2.62. The molecule has 0 radical (unpaired) electrons. The summed E-state index contributed by atoms with van der Waals surface area (Å²) in [5.74, 6) is 1.03. The maximum absolute atomic E-state index is 5.33. The van der Waals surface area contributed by atoms with Gasteiger partial charge in [0.2, 0.25) is 0 Å². The molecule has 2 rings (SSSR count). The number of aryl methyl sites for hydroxylation is 1. The highest BCUT2D eigenvalue weighted by molar-refractivity contribution is 7.11. The first-order valence-corrected chi connectivity index (χ1v) is 6.79. The molecule has 0 fully saturated rings. The lowest BCUT2D eigenvalue weighted by molar-refractivity contribution is 0.457. The number of hydrogen-bond acceptors (Lipinski definition) is 4. The molecule has 0 aliphatic carbocycles. The molecule has 2 aromatic rings. The first-order chi connectivity index (χ1) is 8.28. The maximum Gasteiger partial charge on any atom is 0.105 e. The number of hydrogen-bond donors (Lipinski definition) is 1. The highest BCUT2D eigenvalue weighted by Crippen LogP contribution is 2.13. The molecule has 0 saturated carbocycles. The van der Waals surface area contributed by atoms with Crippen LogP contribution in [0.4, 0.5) is 0 Å². The van der Waals surface area contributed by atoms with E-state index < -0.39 is 0 Å². The molecule has 92 valence electrons. The summed E-state index contributed by atoms with van der Waals surface area (Å²) in [5, 5.41) is 4.69. The molecule has 2 heterocycles. The van der Waals surface area contributed by atoms with Gasteiger partial charge in [-0.25, -0.2) is 4.98 Å². The van der Waals surface area contributed by atoms with Crippen molar-refractivity contribution in [3.05, 3.63) is 40.2 Å². The van der Waals surface area contributed by atoms with Gasteiger partial charge in [-0.1, -0.05) is 6.92 Å². The molecular weight excluding hydrogens is 232 g/mol. The molecule has 2 aromatic heterocycles. The zero-order chi connectivity index (χ0) is 12.1. The van der Waals surface area contributed by atoms with Crippen molar-refractivity contribution in [2.24, 2.45) is 0 Å². The fraction of sp³-hybridized carbons (Fsp3) is 0.462. The van der Waals surface area contributed by atoms with Crippen LogP contribution >= 0.6 is 11.3 Å². The van der Waals surface area contributed by atoms with Crippen LogP contribution in [0.3, 0.4) is 0 Å². The Hall–Kier alpha value is -1.13. The Kier molecular flexibility index (Phi) is 4.34. The van der Waals surface area contributed by atoms with Crippen LogP contribution in [-0.4, -0.2) is 11.0 Å². The van der Waals surface area contributed by atoms with E-state index in [0.29, 0.717) is 6.04 Å². The van der Waals surface area contributed by atoms with Gasteiger partial charge in [0, 0.05) is 30.1 Å². The van der Waals surface area contributed by atoms with Crippen molar-refractivity contribution in [1.82, 2.24) is 10.3 Å². The van der Waals surface area contributed by atoms with E-state index in [4.69, 9.17) is 4.42 Å². The summed E-state index contributed by atoms with van der Waals surface area (Å²) in [5.41, 5.74) is 0. The number of nitrogens with zero attached hydrogens (tertiary/aromatic N) is 1. The van der Waals surface area contributed by atoms with E-state index in [9.17, 15) is 0 Å². The van der Waals surface area contributed by atoms with Gasteiger partial charge in [-0.15, -0.1) is 11.3 Å². The van der Waals surface area contributed by atoms with E-state index >= 15 is 0 Å². The van der Waals surface area contributed by atoms with E-state index in [2.05, 4.69) is 24.1 Å². The van der Waals surface area contributed by atoms with Crippen LogP contribution in [0.2, 0.25) is 0 Å². The summed E-state index contributed by atoms with van der Waals surface area (Å²) in [6, 6.07) is 4.35. The molecule has 17 heavy (non-hydrogen) atoms. The van der Waals surface area contributed by atoms with Crippen LogP contribution < -0.4 is 5.32 Å². The lowest BCUT2D eigenvalue weighted by Gasteiger charge is -2.10. The molecule has 1 N–H and O–H groups in total. The first kappa shape index (κ1) is 12.3. The van der Waals surface area contributed by atoms with Gasteiger partial charge in [0.1, 0.15) is 5.76 Å². The monoisotopic (exact) mass is 250 g/mol. The zero-order valence-electron chi connectivity index (χ0n) is 10.3. The molecule has 3 nitrogen and oxygen atoms in total. The molecular formula is C13H18N2OS. The van der Waals surface area contributed by atoms with Crippen LogP contribution in [0.25, 0.3) is 0 Å². The lowest BCUT2D eigenvalue weighted by atomic mass is 10.2. The highest BCUT2D eigenvalue weighted by atomic mass is 32.1. The van der Waals surface area contributed by atoms with E-state index in [1.54, 1.807) is 17.6 Å². The van der Waals surface area contributed by atoms with Crippen LogP contribution in [0, 0.1) is 0 Å². The van der Waals surface area contributed by atoms with Gasteiger partial charge in [-0.2, -0.15) is 0 Å². The third-order valence-corrected chi connectivity index (χ3v) is 3.76. The smallest absolute Gasteiger partial charge is 0.105 e. The normalized spacial score (nSPS) is 12.8. The summed E-state index contributed by atoms with van der Waals surface area (Å²) in [7, 11) is 0. The molecule has 4 heteroatoms. The molecule has 0 bridgehead atoms. The van der Waals surface area contributed by atoms with Crippen molar-refractivity contribution in [1.29, 1.82) is 0 Å². The molecule has 0 aliphatic rings. The van der Waals surface area contributed by atoms with Crippen molar-refractivity contribution in [2.75, 3.05) is 0 Å². The van der Waals surface area contributed by atoms with Gasteiger partial charge in [0.05, 0.1) is 11.3 Å². The average molecular weight is 250 g/mol. The van der Waals surface area contributed by atoms with Gasteiger partial charge in [-0.05, 0) is 25.5 Å². The summed E-state index contributed by atoms with van der Waals surface area (Å²) in [4.78, 5) is 5.65. The minimum Gasteiger partial charge on any atom is -0.469 e. The van der Waals surface area contributed by atoms with Crippen LogP contribution in [-0.2, 0) is 19.4 Å². The fourth-order valence-electron chi connectivity index (χ4n) is 1.67. The van der Waals surface area contributed by atoms with Crippen molar-refractivity contribution in [2.45, 2.75) is 39.3 Å². The SMILES string of the molecule is CCc1ncc(CNC(C)Cc2ccco2)s1. The third kappa shape index (κ3) is 3.68. The minimum atomic E-state index is 0.410. The first-order valence-electron chi connectivity index (χ1n) is 5.97. The summed E-state index contributed by atoms with van der Waals surface area (Å²) in [6.45, 7) is 5.19. The predicted molar refractivity (Wildman–Crippen MR) is 70.2 cm³/mol. The molecule has 0 spiro atoms. The van der Waals surface area contributed by atoms with Crippen LogP contribution in [0.1, 0.15) is 29.5 Å². The highest BCUT2D eigenvalue weighted by Gasteiger charge is 2.06. The summed E-state index contributed by atoms with van der Waals surface area (Å²) in [6.07, 6.45) is 5.63. The minimum absolute atomic E-state index is 0.410. The molecule has 1 atom stereocenters. The van der Waals surface area contributed by atoms with Crippen molar-refractivity contribution < 1.29 is 4.42 Å². The predicted octanol–water partition coefficient (Wildman–Crippen LogP) is 3.02. The van der Waals surface area contributed by atoms with Gasteiger partial charge in [-0.3, -0.25) is 0 Å².